The Morgan fingerprint density at radius 2 is 2.00 bits per heavy atom. The highest BCUT2D eigenvalue weighted by atomic mass is 16.5. The normalized spacial score (nSPS) is 16.9. The summed E-state index contributed by atoms with van der Waals surface area (Å²) >= 11 is 0. The number of hydrogen-bond acceptors (Lipinski definition) is 3. The summed E-state index contributed by atoms with van der Waals surface area (Å²) in [4.78, 5) is 7.00. The number of aromatic nitrogens is 2. The molecule has 0 N–H and O–H groups in total. The average Bonchev–Trinajstić information content (AvgIpc) is 2.88. The van der Waals surface area contributed by atoms with Gasteiger partial charge in [0.15, 0.2) is 0 Å². The highest BCUT2D eigenvalue weighted by Crippen LogP contribution is 2.20. The first kappa shape index (κ1) is 12.5. The molecule has 1 saturated heterocycles. The maximum absolute atomic E-state index is 5.29. The Bertz CT molecular complexity index is 543. The second kappa shape index (κ2) is 5.61. The van der Waals surface area contributed by atoms with E-state index in [2.05, 4.69) is 20.5 Å². The van der Waals surface area contributed by atoms with Gasteiger partial charge in [0.25, 0.3) is 0 Å². The van der Waals surface area contributed by atoms with Gasteiger partial charge in [0, 0.05) is 19.2 Å². The summed E-state index contributed by atoms with van der Waals surface area (Å²) in [6, 6.07) is 6.05. The number of likely N-dealkylation sites (tertiary alicyclic amines) is 1. The van der Waals surface area contributed by atoms with Gasteiger partial charge in [0.1, 0.15) is 5.75 Å². The summed E-state index contributed by atoms with van der Waals surface area (Å²) in [6.07, 6.45) is 6.02. The number of methoxy groups -OCH3 is 1. The van der Waals surface area contributed by atoms with Crippen LogP contribution in [0.3, 0.4) is 0 Å². The van der Waals surface area contributed by atoms with Gasteiger partial charge in [-0.2, -0.15) is 0 Å². The number of rotatable bonds is 4. The van der Waals surface area contributed by atoms with E-state index in [0.717, 1.165) is 29.9 Å². The van der Waals surface area contributed by atoms with Gasteiger partial charge in [-0.05, 0) is 38.1 Å². The van der Waals surface area contributed by atoms with Gasteiger partial charge in [0.2, 0.25) is 0 Å². The van der Waals surface area contributed by atoms with Crippen molar-refractivity contribution in [3.8, 4) is 5.75 Å². The molecule has 0 radical (unpaired) electrons. The second-order valence-corrected chi connectivity index (χ2v) is 5.19. The number of benzene rings is 1. The van der Waals surface area contributed by atoms with Crippen molar-refractivity contribution in [3.05, 3.63) is 24.5 Å². The van der Waals surface area contributed by atoms with E-state index in [0.29, 0.717) is 0 Å². The molecule has 1 aliphatic heterocycles. The van der Waals surface area contributed by atoms with Crippen LogP contribution in [0.2, 0.25) is 0 Å². The zero-order valence-corrected chi connectivity index (χ0v) is 11.5. The summed E-state index contributed by atoms with van der Waals surface area (Å²) in [5.74, 6) is 0.896. The number of hydrogen-bond donors (Lipinski definition) is 0. The van der Waals surface area contributed by atoms with Crippen molar-refractivity contribution < 1.29 is 4.74 Å². The first-order chi connectivity index (χ1) is 9.36. The molecule has 0 spiro atoms. The average molecular weight is 259 g/mol. The first-order valence-electron chi connectivity index (χ1n) is 7.08. The lowest BCUT2D eigenvalue weighted by atomic mass is 10.1. The summed E-state index contributed by atoms with van der Waals surface area (Å²) in [5.41, 5.74) is 2.20. The van der Waals surface area contributed by atoms with Crippen molar-refractivity contribution in [3.63, 3.8) is 0 Å². The molecule has 0 unspecified atom stereocenters. The molecule has 0 aliphatic carbocycles. The van der Waals surface area contributed by atoms with Gasteiger partial charge < -0.3 is 14.2 Å². The molecule has 1 aromatic heterocycles. The lowest BCUT2D eigenvalue weighted by Gasteiger charge is -2.26. The third-order valence-corrected chi connectivity index (χ3v) is 3.93. The molecular weight excluding hydrogens is 238 g/mol. The Labute approximate surface area is 114 Å². The second-order valence-electron chi connectivity index (χ2n) is 5.19. The quantitative estimate of drug-likeness (QED) is 0.845. The van der Waals surface area contributed by atoms with Crippen molar-refractivity contribution in [2.24, 2.45) is 0 Å². The Morgan fingerprint density at radius 3 is 2.79 bits per heavy atom. The van der Waals surface area contributed by atoms with E-state index < -0.39 is 0 Å². The predicted octanol–water partition coefficient (Wildman–Crippen LogP) is 2.53. The molecule has 19 heavy (non-hydrogen) atoms. The summed E-state index contributed by atoms with van der Waals surface area (Å²) < 4.78 is 7.52. The Kier molecular flexibility index (Phi) is 3.69. The zero-order valence-electron chi connectivity index (χ0n) is 11.5. The molecule has 102 valence electrons. The predicted molar refractivity (Wildman–Crippen MR) is 76.6 cm³/mol. The van der Waals surface area contributed by atoms with Crippen LogP contribution in [0.5, 0.6) is 5.75 Å². The minimum absolute atomic E-state index is 0.896. The Balaban J connectivity index is 1.72. The van der Waals surface area contributed by atoms with Crippen molar-refractivity contribution >= 4 is 11.0 Å². The number of piperidine rings is 1. The molecular formula is C15H21N3O. The van der Waals surface area contributed by atoms with Gasteiger partial charge in [-0.3, -0.25) is 0 Å². The van der Waals surface area contributed by atoms with Crippen molar-refractivity contribution in [2.75, 3.05) is 26.7 Å². The highest BCUT2D eigenvalue weighted by molar-refractivity contribution is 5.77. The molecule has 4 nitrogen and oxygen atoms in total. The molecule has 0 amide bonds. The van der Waals surface area contributed by atoms with Crippen LogP contribution in [0.4, 0.5) is 0 Å². The summed E-state index contributed by atoms with van der Waals surface area (Å²) in [5, 5.41) is 0. The molecule has 2 aromatic rings. The van der Waals surface area contributed by atoms with E-state index >= 15 is 0 Å². The van der Waals surface area contributed by atoms with Gasteiger partial charge in [-0.1, -0.05) is 6.42 Å². The van der Waals surface area contributed by atoms with E-state index in [1.165, 1.54) is 32.4 Å². The maximum atomic E-state index is 5.29. The van der Waals surface area contributed by atoms with E-state index in [4.69, 9.17) is 4.74 Å². The number of ether oxygens (including phenoxy) is 1. The zero-order chi connectivity index (χ0) is 13.1. The largest absolute Gasteiger partial charge is 0.497 e. The van der Waals surface area contributed by atoms with E-state index in [1.807, 2.05) is 18.5 Å². The summed E-state index contributed by atoms with van der Waals surface area (Å²) in [7, 11) is 1.70. The topological polar surface area (TPSA) is 30.3 Å². The van der Waals surface area contributed by atoms with Crippen LogP contribution in [0.15, 0.2) is 24.5 Å². The number of nitrogens with zero attached hydrogens (tertiary/aromatic N) is 3. The lowest BCUT2D eigenvalue weighted by Crippen LogP contribution is -2.32. The SMILES string of the molecule is COc1ccc2ncn(CCN3CCCCC3)c2c1. The molecule has 0 atom stereocenters. The Hall–Kier alpha value is -1.55. The minimum Gasteiger partial charge on any atom is -0.497 e. The van der Waals surface area contributed by atoms with Crippen LogP contribution in [0.1, 0.15) is 19.3 Å². The van der Waals surface area contributed by atoms with Crippen molar-refractivity contribution in [1.29, 1.82) is 0 Å². The standard InChI is InChI=1S/C15H21N3O/c1-19-13-5-6-14-15(11-13)18(12-16-14)10-9-17-7-3-2-4-8-17/h5-6,11-12H,2-4,7-10H2,1H3. The number of imidazole rings is 1. The van der Waals surface area contributed by atoms with Gasteiger partial charge in [0.05, 0.1) is 24.5 Å². The Morgan fingerprint density at radius 1 is 1.16 bits per heavy atom. The highest BCUT2D eigenvalue weighted by Gasteiger charge is 2.10. The van der Waals surface area contributed by atoms with Gasteiger partial charge in [-0.25, -0.2) is 4.98 Å². The smallest absolute Gasteiger partial charge is 0.121 e. The van der Waals surface area contributed by atoms with Crippen LogP contribution in [-0.2, 0) is 6.54 Å². The number of fused-ring (bicyclic) bond motifs is 1. The molecule has 0 saturated carbocycles. The molecule has 3 rings (SSSR count). The van der Waals surface area contributed by atoms with Crippen LogP contribution in [-0.4, -0.2) is 41.2 Å². The fraction of sp³-hybridized carbons (Fsp3) is 0.533. The lowest BCUT2D eigenvalue weighted by molar-refractivity contribution is 0.221. The van der Waals surface area contributed by atoms with Crippen molar-refractivity contribution in [2.45, 2.75) is 25.8 Å². The molecule has 0 bridgehead atoms. The minimum atomic E-state index is 0.896. The van der Waals surface area contributed by atoms with Crippen molar-refractivity contribution in [1.82, 2.24) is 14.5 Å². The maximum Gasteiger partial charge on any atom is 0.121 e. The summed E-state index contributed by atoms with van der Waals surface area (Å²) in [6.45, 7) is 4.61. The van der Waals surface area contributed by atoms with Crippen LogP contribution in [0.25, 0.3) is 11.0 Å². The monoisotopic (exact) mass is 259 g/mol. The molecule has 1 aliphatic rings. The molecule has 2 heterocycles. The molecule has 1 fully saturated rings. The fourth-order valence-electron chi connectivity index (χ4n) is 2.77. The van der Waals surface area contributed by atoms with Crippen LogP contribution < -0.4 is 4.74 Å². The molecule has 1 aromatic carbocycles. The van der Waals surface area contributed by atoms with E-state index in [-0.39, 0.29) is 0 Å². The first-order valence-corrected chi connectivity index (χ1v) is 7.08. The molecule has 4 heteroatoms. The third-order valence-electron chi connectivity index (χ3n) is 3.93. The van der Waals surface area contributed by atoms with Gasteiger partial charge in [-0.15, -0.1) is 0 Å². The van der Waals surface area contributed by atoms with Gasteiger partial charge >= 0.3 is 0 Å². The van der Waals surface area contributed by atoms with Crippen LogP contribution >= 0.6 is 0 Å². The fourth-order valence-corrected chi connectivity index (χ4v) is 2.77. The van der Waals surface area contributed by atoms with Crippen LogP contribution in [0, 0.1) is 0 Å². The van der Waals surface area contributed by atoms with E-state index in [9.17, 15) is 0 Å². The van der Waals surface area contributed by atoms with E-state index in [1.54, 1.807) is 7.11 Å². The third kappa shape index (κ3) is 2.73.